The van der Waals surface area contributed by atoms with E-state index in [1.165, 1.54) is 12.1 Å². The predicted octanol–water partition coefficient (Wildman–Crippen LogP) is 4.56. The molecule has 27 heavy (non-hydrogen) atoms. The largest absolute Gasteiger partial charge is 0.497 e. The van der Waals surface area contributed by atoms with Gasteiger partial charge in [-0.1, -0.05) is 12.1 Å². The Morgan fingerprint density at radius 2 is 1.67 bits per heavy atom. The van der Waals surface area contributed by atoms with Gasteiger partial charge in [0, 0.05) is 30.1 Å². The fourth-order valence-corrected chi connectivity index (χ4v) is 2.76. The number of aromatic nitrogens is 1. The number of halogens is 3. The highest BCUT2D eigenvalue weighted by atomic mass is 19.4. The number of hydrogen-bond acceptors (Lipinski definition) is 4. The van der Waals surface area contributed by atoms with Gasteiger partial charge in [-0.2, -0.15) is 13.2 Å². The summed E-state index contributed by atoms with van der Waals surface area (Å²) in [5.74, 6) is 1.21. The minimum absolute atomic E-state index is 0.432. The quantitative estimate of drug-likeness (QED) is 0.685. The van der Waals surface area contributed by atoms with Gasteiger partial charge >= 0.3 is 6.18 Å². The average Bonchev–Trinajstić information content (AvgIpc) is 2.66. The van der Waals surface area contributed by atoms with Crippen molar-refractivity contribution in [1.82, 2.24) is 10.3 Å². The third-order valence-corrected chi connectivity index (χ3v) is 4.18. The monoisotopic (exact) mass is 376 g/mol. The van der Waals surface area contributed by atoms with Crippen LogP contribution < -0.4 is 14.8 Å². The summed E-state index contributed by atoms with van der Waals surface area (Å²) in [7, 11) is 3.14. The van der Waals surface area contributed by atoms with Gasteiger partial charge in [-0.25, -0.2) is 4.98 Å². The third kappa shape index (κ3) is 4.49. The van der Waals surface area contributed by atoms with Crippen molar-refractivity contribution in [1.29, 1.82) is 0 Å². The summed E-state index contributed by atoms with van der Waals surface area (Å²) in [6, 6.07) is 12.7. The standard InChI is InChI=1S/C20H19F3N2O2/c1-26-17-8-5-14-9-15(19(27-2)25-18(14)10-17)12-24-11-13-3-6-16(7-4-13)20(21,22)23/h3-10,24H,11-12H2,1-2H3. The number of benzene rings is 2. The van der Waals surface area contributed by atoms with Crippen LogP contribution in [0.1, 0.15) is 16.7 Å². The first-order valence-corrected chi connectivity index (χ1v) is 8.29. The Hall–Kier alpha value is -2.80. The lowest BCUT2D eigenvalue weighted by Gasteiger charge is -2.12. The average molecular weight is 376 g/mol. The highest BCUT2D eigenvalue weighted by Crippen LogP contribution is 2.29. The molecule has 0 aliphatic rings. The van der Waals surface area contributed by atoms with Crippen LogP contribution in [0.4, 0.5) is 13.2 Å². The molecule has 0 radical (unpaired) electrons. The van der Waals surface area contributed by atoms with Crippen LogP contribution in [0.2, 0.25) is 0 Å². The lowest BCUT2D eigenvalue weighted by molar-refractivity contribution is -0.137. The number of rotatable bonds is 6. The van der Waals surface area contributed by atoms with Gasteiger partial charge in [-0.15, -0.1) is 0 Å². The van der Waals surface area contributed by atoms with E-state index in [2.05, 4.69) is 10.3 Å². The van der Waals surface area contributed by atoms with Crippen LogP contribution >= 0.6 is 0 Å². The summed E-state index contributed by atoms with van der Waals surface area (Å²) in [5.41, 5.74) is 1.74. The minimum Gasteiger partial charge on any atom is -0.497 e. The molecule has 0 unspecified atom stereocenters. The minimum atomic E-state index is -4.32. The normalized spacial score (nSPS) is 11.6. The van der Waals surface area contributed by atoms with E-state index in [-0.39, 0.29) is 0 Å². The first kappa shape index (κ1) is 19.0. The van der Waals surface area contributed by atoms with E-state index < -0.39 is 11.7 Å². The van der Waals surface area contributed by atoms with Gasteiger partial charge in [-0.3, -0.25) is 0 Å². The summed E-state index contributed by atoms with van der Waals surface area (Å²) in [4.78, 5) is 4.50. The molecule has 142 valence electrons. The van der Waals surface area contributed by atoms with Crippen LogP contribution in [0.3, 0.4) is 0 Å². The van der Waals surface area contributed by atoms with E-state index in [4.69, 9.17) is 9.47 Å². The third-order valence-electron chi connectivity index (χ3n) is 4.18. The van der Waals surface area contributed by atoms with Gasteiger partial charge in [0.2, 0.25) is 5.88 Å². The zero-order valence-electron chi connectivity index (χ0n) is 14.9. The molecule has 1 heterocycles. The predicted molar refractivity (Wildman–Crippen MR) is 96.8 cm³/mol. The number of ether oxygens (including phenoxy) is 2. The van der Waals surface area contributed by atoms with Crippen molar-refractivity contribution < 1.29 is 22.6 Å². The summed E-state index contributed by atoms with van der Waals surface area (Å²) < 4.78 is 48.4. The molecule has 0 aliphatic carbocycles. The van der Waals surface area contributed by atoms with Gasteiger partial charge in [0.25, 0.3) is 0 Å². The Bertz CT molecular complexity index is 925. The number of fused-ring (bicyclic) bond motifs is 1. The Balaban J connectivity index is 1.71. The topological polar surface area (TPSA) is 43.4 Å². The molecule has 0 amide bonds. The molecule has 0 aliphatic heterocycles. The molecule has 0 saturated carbocycles. The van der Waals surface area contributed by atoms with E-state index in [0.717, 1.165) is 34.2 Å². The van der Waals surface area contributed by atoms with Crippen LogP contribution in [-0.4, -0.2) is 19.2 Å². The molecule has 4 nitrogen and oxygen atoms in total. The summed E-state index contributed by atoms with van der Waals surface area (Å²) in [6.45, 7) is 0.904. The smallest absolute Gasteiger partial charge is 0.416 e. The van der Waals surface area contributed by atoms with Crippen molar-refractivity contribution in [3.63, 3.8) is 0 Å². The van der Waals surface area contributed by atoms with Gasteiger partial charge < -0.3 is 14.8 Å². The molecule has 1 N–H and O–H groups in total. The van der Waals surface area contributed by atoms with Crippen molar-refractivity contribution in [2.75, 3.05) is 14.2 Å². The highest BCUT2D eigenvalue weighted by Gasteiger charge is 2.29. The van der Waals surface area contributed by atoms with Crippen molar-refractivity contribution in [2.45, 2.75) is 19.3 Å². The Labute approximate surface area is 154 Å². The molecule has 0 saturated heterocycles. The van der Waals surface area contributed by atoms with Gasteiger partial charge in [0.05, 0.1) is 25.3 Å². The fourth-order valence-electron chi connectivity index (χ4n) is 2.76. The molecule has 2 aromatic carbocycles. The van der Waals surface area contributed by atoms with E-state index >= 15 is 0 Å². The SMILES string of the molecule is COc1ccc2cc(CNCc3ccc(C(F)(F)F)cc3)c(OC)nc2c1. The first-order chi connectivity index (χ1) is 12.9. The molecule has 0 atom stereocenters. The van der Waals surface area contributed by atoms with E-state index in [9.17, 15) is 13.2 Å². The zero-order valence-corrected chi connectivity index (χ0v) is 14.9. The van der Waals surface area contributed by atoms with Crippen LogP contribution in [0, 0.1) is 0 Å². The van der Waals surface area contributed by atoms with Crippen molar-refractivity contribution in [3.05, 3.63) is 65.2 Å². The van der Waals surface area contributed by atoms with Crippen molar-refractivity contribution in [3.8, 4) is 11.6 Å². The van der Waals surface area contributed by atoms with Gasteiger partial charge in [-0.05, 0) is 35.9 Å². The fraction of sp³-hybridized carbons (Fsp3) is 0.250. The molecular formula is C20H19F3N2O2. The number of pyridine rings is 1. The molecule has 1 aromatic heterocycles. The summed E-state index contributed by atoms with van der Waals surface area (Å²) >= 11 is 0. The molecular weight excluding hydrogens is 357 g/mol. The number of nitrogens with one attached hydrogen (secondary N) is 1. The first-order valence-electron chi connectivity index (χ1n) is 8.29. The lowest BCUT2D eigenvalue weighted by Crippen LogP contribution is -2.14. The summed E-state index contributed by atoms with van der Waals surface area (Å²) in [5, 5.41) is 4.16. The number of nitrogens with zero attached hydrogens (tertiary/aromatic N) is 1. The second-order valence-electron chi connectivity index (χ2n) is 6.01. The molecule has 7 heteroatoms. The highest BCUT2D eigenvalue weighted by molar-refractivity contribution is 5.81. The summed E-state index contributed by atoms with van der Waals surface area (Å²) in [6.07, 6.45) is -4.32. The second kappa shape index (κ2) is 7.84. The Morgan fingerprint density at radius 1 is 0.926 bits per heavy atom. The van der Waals surface area contributed by atoms with Crippen LogP contribution in [-0.2, 0) is 19.3 Å². The lowest BCUT2D eigenvalue weighted by atomic mass is 10.1. The number of alkyl halides is 3. The number of hydrogen-bond donors (Lipinski definition) is 1. The van der Waals surface area contributed by atoms with Crippen LogP contribution in [0.5, 0.6) is 11.6 Å². The second-order valence-corrected chi connectivity index (χ2v) is 6.01. The van der Waals surface area contributed by atoms with Crippen molar-refractivity contribution in [2.24, 2.45) is 0 Å². The molecule has 3 rings (SSSR count). The maximum atomic E-state index is 12.6. The maximum Gasteiger partial charge on any atom is 0.416 e. The Morgan fingerprint density at radius 3 is 2.30 bits per heavy atom. The van der Waals surface area contributed by atoms with Crippen LogP contribution in [0.15, 0.2) is 48.5 Å². The van der Waals surface area contributed by atoms with Gasteiger partial charge in [0.15, 0.2) is 0 Å². The van der Waals surface area contributed by atoms with E-state index in [0.29, 0.717) is 24.7 Å². The van der Waals surface area contributed by atoms with Crippen molar-refractivity contribution >= 4 is 10.9 Å². The van der Waals surface area contributed by atoms with Crippen LogP contribution in [0.25, 0.3) is 10.9 Å². The molecule has 0 fully saturated rings. The Kier molecular flexibility index (Phi) is 5.51. The van der Waals surface area contributed by atoms with E-state index in [1.807, 2.05) is 24.3 Å². The van der Waals surface area contributed by atoms with E-state index in [1.54, 1.807) is 14.2 Å². The molecule has 0 spiro atoms. The number of methoxy groups -OCH3 is 2. The maximum absolute atomic E-state index is 12.6. The zero-order chi connectivity index (χ0) is 19.4. The molecule has 0 bridgehead atoms. The molecule has 3 aromatic rings. The van der Waals surface area contributed by atoms with Gasteiger partial charge in [0.1, 0.15) is 5.75 Å².